The Balaban J connectivity index is 1.96. The van der Waals surface area contributed by atoms with Gasteiger partial charge in [-0.15, -0.1) is 0 Å². The Hall–Kier alpha value is -3.27. The van der Waals surface area contributed by atoms with E-state index in [2.05, 4.69) is 13.5 Å². The fourth-order valence-corrected chi connectivity index (χ4v) is 2.68. The van der Waals surface area contributed by atoms with Gasteiger partial charge in [0, 0.05) is 18.5 Å². The third-order valence-electron chi connectivity index (χ3n) is 4.21. The maximum absolute atomic E-state index is 12.2. The number of hydrogen-bond donors (Lipinski definition) is 0. The smallest absolute Gasteiger partial charge is 0.333 e. The summed E-state index contributed by atoms with van der Waals surface area (Å²) in [5.74, 6) is -0.270. The largest absolute Gasteiger partial charge is 0.462 e. The van der Waals surface area contributed by atoms with Crippen LogP contribution in [0.2, 0.25) is 0 Å². The van der Waals surface area contributed by atoms with E-state index in [9.17, 15) is 14.9 Å². The van der Waals surface area contributed by atoms with E-state index < -0.39 is 11.9 Å². The van der Waals surface area contributed by atoms with Gasteiger partial charge in [0.1, 0.15) is 6.07 Å². The molecule has 29 heavy (non-hydrogen) atoms. The lowest BCUT2D eigenvalue weighted by Gasteiger charge is -2.18. The van der Waals surface area contributed by atoms with Gasteiger partial charge in [-0.25, -0.2) is 4.79 Å². The number of nitriles is 1. The van der Waals surface area contributed by atoms with Crippen molar-refractivity contribution in [3.05, 3.63) is 48.1 Å². The summed E-state index contributed by atoms with van der Waals surface area (Å²) in [4.78, 5) is 25.3. The molecular formula is C22H26N2O5. The summed E-state index contributed by atoms with van der Waals surface area (Å²) < 4.78 is 16.1. The molecular weight excluding hydrogens is 372 g/mol. The van der Waals surface area contributed by atoms with Gasteiger partial charge >= 0.3 is 11.9 Å². The van der Waals surface area contributed by atoms with Gasteiger partial charge in [-0.1, -0.05) is 32.1 Å². The number of nitrogens with zero attached hydrogens (tertiary/aromatic N) is 2. The molecule has 0 fully saturated rings. The molecule has 154 valence electrons. The predicted molar refractivity (Wildman–Crippen MR) is 108 cm³/mol. The maximum Gasteiger partial charge on any atom is 0.333 e. The normalized spacial score (nSPS) is 13.8. The first-order chi connectivity index (χ1) is 14.0. The van der Waals surface area contributed by atoms with Gasteiger partial charge in [0.05, 0.1) is 12.3 Å². The molecule has 0 bridgehead atoms. The summed E-state index contributed by atoms with van der Waals surface area (Å²) >= 11 is 0. The molecule has 1 aromatic rings. The van der Waals surface area contributed by atoms with Crippen molar-refractivity contribution in [2.24, 2.45) is 0 Å². The van der Waals surface area contributed by atoms with Crippen molar-refractivity contribution in [2.75, 3.05) is 18.1 Å². The van der Waals surface area contributed by atoms with Crippen LogP contribution in [-0.4, -0.2) is 25.1 Å². The monoisotopic (exact) mass is 398 g/mol. The van der Waals surface area contributed by atoms with Crippen molar-refractivity contribution in [1.82, 2.24) is 0 Å². The fourth-order valence-electron chi connectivity index (χ4n) is 2.68. The molecule has 0 unspecified atom stereocenters. The van der Waals surface area contributed by atoms with E-state index >= 15 is 0 Å². The number of unbranched alkanes of at least 4 members (excludes halogenated alkanes) is 2. The van der Waals surface area contributed by atoms with E-state index in [1.807, 2.05) is 35.2 Å². The van der Waals surface area contributed by atoms with Crippen molar-refractivity contribution in [3.8, 4) is 11.8 Å². The van der Waals surface area contributed by atoms with Gasteiger partial charge in [-0.2, -0.15) is 5.26 Å². The number of ether oxygens (including phenoxy) is 3. The molecule has 1 aromatic carbocycles. The lowest BCUT2D eigenvalue weighted by Crippen LogP contribution is -2.24. The van der Waals surface area contributed by atoms with Crippen molar-refractivity contribution >= 4 is 17.6 Å². The van der Waals surface area contributed by atoms with Crippen molar-refractivity contribution < 1.29 is 23.8 Å². The molecule has 0 spiro atoms. The summed E-state index contributed by atoms with van der Waals surface area (Å²) in [6.07, 6.45) is 2.96. The molecule has 0 radical (unpaired) electrons. The Kier molecular flexibility index (Phi) is 8.28. The summed E-state index contributed by atoms with van der Waals surface area (Å²) in [5, 5.41) is 9.52. The minimum atomic E-state index is -0.532. The molecule has 0 amide bonds. The molecule has 0 saturated carbocycles. The van der Waals surface area contributed by atoms with E-state index in [1.165, 1.54) is 0 Å². The van der Waals surface area contributed by atoms with E-state index in [0.717, 1.165) is 18.5 Å². The van der Waals surface area contributed by atoms with Crippen LogP contribution in [0, 0.1) is 11.3 Å². The zero-order chi connectivity index (χ0) is 21.2. The van der Waals surface area contributed by atoms with Gasteiger partial charge in [-0.3, -0.25) is 4.79 Å². The molecule has 0 aliphatic carbocycles. The Morgan fingerprint density at radius 1 is 1.24 bits per heavy atom. The highest BCUT2D eigenvalue weighted by molar-refractivity contribution is 5.86. The molecule has 1 aliphatic heterocycles. The van der Waals surface area contributed by atoms with Gasteiger partial charge in [-0.05, 0) is 38.3 Å². The van der Waals surface area contributed by atoms with Crippen LogP contribution in [0.3, 0.4) is 0 Å². The Bertz CT molecular complexity index is 838. The first-order valence-corrected chi connectivity index (χ1v) is 9.70. The van der Waals surface area contributed by atoms with E-state index in [1.54, 1.807) is 6.92 Å². The molecule has 1 heterocycles. The van der Waals surface area contributed by atoms with Crippen LogP contribution >= 0.6 is 0 Å². The summed E-state index contributed by atoms with van der Waals surface area (Å²) in [7, 11) is 0. The van der Waals surface area contributed by atoms with Crippen LogP contribution in [0.1, 0.15) is 46.0 Å². The molecule has 0 aromatic heterocycles. The second-order valence-electron chi connectivity index (χ2n) is 6.67. The average Bonchev–Trinajstić information content (AvgIpc) is 3.08. The van der Waals surface area contributed by atoms with Crippen LogP contribution < -0.4 is 9.64 Å². The third-order valence-corrected chi connectivity index (χ3v) is 4.21. The van der Waals surface area contributed by atoms with Gasteiger partial charge in [0.25, 0.3) is 11.6 Å². The Labute approximate surface area is 171 Å². The van der Waals surface area contributed by atoms with Crippen molar-refractivity contribution in [2.45, 2.75) is 46.0 Å². The van der Waals surface area contributed by atoms with Crippen molar-refractivity contribution in [3.63, 3.8) is 0 Å². The fraction of sp³-hybridized carbons (Fsp3) is 0.409. The number of carbonyl (C=O) groups is 2. The maximum atomic E-state index is 12.2. The van der Waals surface area contributed by atoms with E-state index in [4.69, 9.17) is 14.2 Å². The lowest BCUT2D eigenvalue weighted by molar-refractivity contribution is -0.139. The van der Waals surface area contributed by atoms with Gasteiger partial charge < -0.3 is 19.1 Å². The number of carbonyl (C=O) groups excluding carboxylic acids is 2. The SMILES string of the molecule is C=C(C)C(=O)OCCCCC(=O)O/C(C#N)=C1\Oc2ccccc2N1CCCC. The highest BCUT2D eigenvalue weighted by Crippen LogP contribution is 2.40. The van der Waals surface area contributed by atoms with Crippen LogP contribution in [0.5, 0.6) is 5.75 Å². The van der Waals surface area contributed by atoms with Gasteiger partial charge in [0.15, 0.2) is 5.75 Å². The molecule has 0 N–H and O–H groups in total. The molecule has 7 heteroatoms. The van der Waals surface area contributed by atoms with Crippen LogP contribution in [0.4, 0.5) is 5.69 Å². The highest BCUT2D eigenvalue weighted by Gasteiger charge is 2.30. The number of hydrogen-bond acceptors (Lipinski definition) is 7. The van der Waals surface area contributed by atoms with Gasteiger partial charge in [0.2, 0.25) is 0 Å². The zero-order valence-corrected chi connectivity index (χ0v) is 16.9. The lowest BCUT2D eigenvalue weighted by atomic mass is 10.2. The minimum Gasteiger partial charge on any atom is -0.462 e. The summed E-state index contributed by atoms with van der Waals surface area (Å²) in [6.45, 7) is 8.00. The first kappa shape index (κ1) is 22.0. The number of fused-ring (bicyclic) bond motifs is 1. The number of anilines is 1. The molecule has 0 saturated heterocycles. The Morgan fingerprint density at radius 3 is 2.69 bits per heavy atom. The highest BCUT2D eigenvalue weighted by atomic mass is 16.6. The summed E-state index contributed by atoms with van der Waals surface area (Å²) in [6, 6.07) is 9.39. The van der Waals surface area contributed by atoms with Crippen molar-refractivity contribution in [1.29, 1.82) is 5.26 Å². The second kappa shape index (κ2) is 10.9. The number of allylic oxidation sites excluding steroid dienone is 1. The van der Waals surface area contributed by atoms with E-state index in [0.29, 0.717) is 30.7 Å². The minimum absolute atomic E-state index is 0.102. The predicted octanol–water partition coefficient (Wildman–Crippen LogP) is 4.21. The average molecular weight is 398 g/mol. The topological polar surface area (TPSA) is 88.9 Å². The molecule has 1 aliphatic rings. The standard InChI is InChI=1S/C22H26N2O5/c1-4-5-13-24-17-10-6-7-11-18(17)29-21(24)19(15-23)28-20(25)12-8-9-14-27-22(26)16(2)3/h6-7,10-11H,2,4-5,8-9,12-14H2,1,3H3/b21-19-. The summed E-state index contributed by atoms with van der Waals surface area (Å²) in [5.41, 5.74) is 1.18. The first-order valence-electron chi connectivity index (χ1n) is 9.70. The third kappa shape index (κ3) is 6.11. The number of para-hydroxylation sites is 2. The second-order valence-corrected chi connectivity index (χ2v) is 6.67. The van der Waals surface area contributed by atoms with E-state index in [-0.39, 0.29) is 24.7 Å². The van der Waals surface area contributed by atoms with Crippen LogP contribution in [0.15, 0.2) is 48.1 Å². The quantitative estimate of drug-likeness (QED) is 0.192. The number of rotatable bonds is 10. The molecule has 7 nitrogen and oxygen atoms in total. The number of benzene rings is 1. The van der Waals surface area contributed by atoms with Crippen LogP contribution in [-0.2, 0) is 19.1 Å². The Morgan fingerprint density at radius 2 is 2.00 bits per heavy atom. The van der Waals surface area contributed by atoms with Crippen LogP contribution in [0.25, 0.3) is 0 Å². The number of esters is 2. The zero-order valence-electron chi connectivity index (χ0n) is 16.9. The molecule has 0 atom stereocenters. The molecule has 2 rings (SSSR count).